The van der Waals surface area contributed by atoms with Gasteiger partial charge in [-0.1, -0.05) is 12.1 Å². The maximum absolute atomic E-state index is 13.1. The zero-order chi connectivity index (χ0) is 14.7. The summed E-state index contributed by atoms with van der Waals surface area (Å²) in [5, 5.41) is 12.8. The number of carbonyl (C=O) groups is 1. The number of aromatic nitrogens is 2. The van der Waals surface area contributed by atoms with E-state index in [1.807, 2.05) is 0 Å². The molecule has 0 radical (unpaired) electrons. The van der Waals surface area contributed by atoms with Crippen LogP contribution >= 0.6 is 0 Å². The van der Waals surface area contributed by atoms with E-state index in [4.69, 9.17) is 9.94 Å². The summed E-state index contributed by atoms with van der Waals surface area (Å²) in [5.74, 6) is -1.18. The number of hydroxylamine groups is 1. The summed E-state index contributed by atoms with van der Waals surface area (Å²) in [7, 11) is 1.51. The monoisotopic (exact) mass is 279 g/mol. The van der Waals surface area contributed by atoms with E-state index in [-0.39, 0.29) is 17.4 Å². The Morgan fingerprint density at radius 1 is 1.50 bits per heavy atom. The molecule has 20 heavy (non-hydrogen) atoms. The van der Waals surface area contributed by atoms with Crippen molar-refractivity contribution in [1.82, 2.24) is 15.3 Å². The van der Waals surface area contributed by atoms with Crippen LogP contribution in [0.3, 0.4) is 0 Å². The molecule has 2 N–H and O–H groups in total. The predicted molar refractivity (Wildman–Crippen MR) is 68.8 cm³/mol. The lowest BCUT2D eigenvalue weighted by atomic mass is 10.1. The van der Waals surface area contributed by atoms with E-state index >= 15 is 0 Å². The first-order chi connectivity index (χ1) is 9.47. The van der Waals surface area contributed by atoms with Gasteiger partial charge in [0.25, 0.3) is 5.88 Å². The number of aromatic carboxylic acids is 1. The van der Waals surface area contributed by atoms with Gasteiger partial charge in [0.05, 0.1) is 6.54 Å². The van der Waals surface area contributed by atoms with Crippen LogP contribution in [0.1, 0.15) is 21.6 Å². The van der Waals surface area contributed by atoms with Gasteiger partial charge in [-0.3, -0.25) is 4.68 Å². The highest BCUT2D eigenvalue weighted by Crippen LogP contribution is 2.11. The zero-order valence-corrected chi connectivity index (χ0v) is 11.1. The molecule has 0 aliphatic rings. The van der Waals surface area contributed by atoms with Gasteiger partial charge in [0.1, 0.15) is 11.5 Å². The van der Waals surface area contributed by atoms with Gasteiger partial charge in [0.15, 0.2) is 0 Å². The lowest BCUT2D eigenvalue weighted by Gasteiger charge is -2.05. The minimum Gasteiger partial charge on any atom is -0.477 e. The lowest BCUT2D eigenvalue weighted by Crippen LogP contribution is -2.18. The fourth-order valence-electron chi connectivity index (χ4n) is 1.70. The third-order valence-corrected chi connectivity index (χ3v) is 2.75. The summed E-state index contributed by atoms with van der Waals surface area (Å²) in [6.45, 7) is 2.03. The Morgan fingerprint density at radius 2 is 2.25 bits per heavy atom. The van der Waals surface area contributed by atoms with Crippen molar-refractivity contribution in [2.45, 2.75) is 13.5 Å². The van der Waals surface area contributed by atoms with Gasteiger partial charge >= 0.3 is 5.97 Å². The highest BCUT2D eigenvalue weighted by molar-refractivity contribution is 5.85. The van der Waals surface area contributed by atoms with Gasteiger partial charge in [-0.15, -0.1) is 5.10 Å². The number of aryl methyl sites for hydroxylation is 2. The van der Waals surface area contributed by atoms with Crippen molar-refractivity contribution in [2.75, 3.05) is 0 Å². The normalized spacial score (nSPS) is 10.6. The summed E-state index contributed by atoms with van der Waals surface area (Å²) in [6.07, 6.45) is 0. The number of nitrogens with one attached hydrogen (secondary N) is 1. The largest absolute Gasteiger partial charge is 0.477 e. The van der Waals surface area contributed by atoms with Crippen molar-refractivity contribution >= 4 is 5.97 Å². The smallest absolute Gasteiger partial charge is 0.354 e. The standard InChI is InChI=1S/C13H14FN3O3/c1-8-5-9(3-4-10(8)14)7-15-20-12-6-11(13(18)19)17(2)16-12/h3-6,15H,7H2,1-2H3,(H,18,19). The van der Waals surface area contributed by atoms with Crippen LogP contribution in [0.5, 0.6) is 5.88 Å². The summed E-state index contributed by atoms with van der Waals surface area (Å²) in [4.78, 5) is 16.0. The van der Waals surface area contributed by atoms with Crippen LogP contribution in [0.15, 0.2) is 24.3 Å². The molecule has 1 aromatic heterocycles. The fraction of sp³-hybridized carbons (Fsp3) is 0.231. The molecule has 6 nitrogen and oxygen atoms in total. The van der Waals surface area contributed by atoms with Gasteiger partial charge in [-0.2, -0.15) is 5.48 Å². The third kappa shape index (κ3) is 3.12. The van der Waals surface area contributed by atoms with E-state index in [1.165, 1.54) is 23.9 Å². The first kappa shape index (κ1) is 14.0. The number of carboxylic acid groups (broad SMARTS) is 1. The Hall–Kier alpha value is -2.41. The molecule has 0 spiro atoms. The van der Waals surface area contributed by atoms with E-state index < -0.39 is 5.97 Å². The molecule has 0 aliphatic carbocycles. The number of halogens is 1. The van der Waals surface area contributed by atoms with Crippen LogP contribution in [0.4, 0.5) is 4.39 Å². The summed E-state index contributed by atoms with van der Waals surface area (Å²) in [5.41, 5.74) is 4.08. The summed E-state index contributed by atoms with van der Waals surface area (Å²) < 4.78 is 14.3. The molecule has 2 aromatic rings. The highest BCUT2D eigenvalue weighted by Gasteiger charge is 2.12. The molecule has 0 aliphatic heterocycles. The molecule has 0 fully saturated rings. The van der Waals surface area contributed by atoms with Crippen molar-refractivity contribution in [3.05, 3.63) is 46.9 Å². The van der Waals surface area contributed by atoms with Crippen LogP contribution in [-0.2, 0) is 13.6 Å². The average Bonchev–Trinajstić information content (AvgIpc) is 2.75. The van der Waals surface area contributed by atoms with Gasteiger partial charge in [-0.25, -0.2) is 9.18 Å². The van der Waals surface area contributed by atoms with Crippen LogP contribution < -0.4 is 10.3 Å². The lowest BCUT2D eigenvalue weighted by molar-refractivity contribution is 0.0685. The Labute approximate surface area is 114 Å². The molecular weight excluding hydrogens is 265 g/mol. The molecule has 106 valence electrons. The van der Waals surface area contributed by atoms with Gasteiger partial charge in [0.2, 0.25) is 0 Å². The van der Waals surface area contributed by atoms with Gasteiger partial charge in [0, 0.05) is 13.1 Å². The topological polar surface area (TPSA) is 76.4 Å². The average molecular weight is 279 g/mol. The van der Waals surface area contributed by atoms with Crippen molar-refractivity contribution < 1.29 is 19.1 Å². The zero-order valence-electron chi connectivity index (χ0n) is 11.1. The number of carboxylic acids is 1. The second kappa shape index (κ2) is 5.70. The van der Waals surface area contributed by atoms with Crippen LogP contribution in [0.2, 0.25) is 0 Å². The van der Waals surface area contributed by atoms with Crippen LogP contribution in [0.25, 0.3) is 0 Å². The van der Waals surface area contributed by atoms with E-state index in [0.717, 1.165) is 5.56 Å². The molecule has 0 unspecified atom stereocenters. The highest BCUT2D eigenvalue weighted by atomic mass is 19.1. The fourth-order valence-corrected chi connectivity index (χ4v) is 1.70. The molecule has 0 bridgehead atoms. The van der Waals surface area contributed by atoms with Crippen molar-refractivity contribution in [1.29, 1.82) is 0 Å². The minimum absolute atomic E-state index is 0.0272. The van der Waals surface area contributed by atoms with Crippen molar-refractivity contribution in [3.63, 3.8) is 0 Å². The molecule has 0 atom stereocenters. The molecule has 0 saturated heterocycles. The van der Waals surface area contributed by atoms with E-state index in [9.17, 15) is 9.18 Å². The summed E-state index contributed by atoms with van der Waals surface area (Å²) in [6, 6.07) is 6.04. The molecule has 1 aromatic carbocycles. The van der Waals surface area contributed by atoms with Crippen LogP contribution in [0, 0.1) is 12.7 Å². The van der Waals surface area contributed by atoms with Gasteiger partial charge in [-0.05, 0) is 24.1 Å². The quantitative estimate of drug-likeness (QED) is 0.814. The Morgan fingerprint density at radius 3 is 2.85 bits per heavy atom. The maximum atomic E-state index is 13.1. The number of rotatable bonds is 5. The third-order valence-electron chi connectivity index (χ3n) is 2.75. The molecule has 0 saturated carbocycles. The number of hydrogen-bond donors (Lipinski definition) is 2. The molecule has 7 heteroatoms. The first-order valence-corrected chi connectivity index (χ1v) is 5.89. The number of benzene rings is 1. The van der Waals surface area contributed by atoms with Crippen molar-refractivity contribution in [2.24, 2.45) is 7.05 Å². The van der Waals surface area contributed by atoms with E-state index in [0.29, 0.717) is 12.1 Å². The Kier molecular flexibility index (Phi) is 3.99. The molecule has 2 rings (SSSR count). The number of hydrogen-bond acceptors (Lipinski definition) is 4. The van der Waals surface area contributed by atoms with E-state index in [1.54, 1.807) is 19.1 Å². The number of nitrogens with zero attached hydrogens (tertiary/aromatic N) is 2. The van der Waals surface area contributed by atoms with Gasteiger partial charge < -0.3 is 9.94 Å². The van der Waals surface area contributed by atoms with Crippen LogP contribution in [-0.4, -0.2) is 20.9 Å². The SMILES string of the molecule is Cc1cc(CNOc2cc(C(=O)O)n(C)n2)ccc1F. The summed E-state index contributed by atoms with van der Waals surface area (Å²) >= 11 is 0. The molecule has 1 heterocycles. The van der Waals surface area contributed by atoms with Crippen molar-refractivity contribution in [3.8, 4) is 5.88 Å². The Balaban J connectivity index is 1.94. The minimum atomic E-state index is -1.08. The first-order valence-electron chi connectivity index (χ1n) is 5.89. The Bertz CT molecular complexity index is 640. The van der Waals surface area contributed by atoms with E-state index in [2.05, 4.69) is 10.6 Å². The second-order valence-electron chi connectivity index (χ2n) is 4.30. The second-order valence-corrected chi connectivity index (χ2v) is 4.30. The maximum Gasteiger partial charge on any atom is 0.354 e. The predicted octanol–water partition coefficient (Wildman–Crippen LogP) is 1.65. The molecular formula is C13H14FN3O3. The molecule has 0 amide bonds.